The predicted molar refractivity (Wildman–Crippen MR) is 102 cm³/mol. The molecule has 3 aromatic heterocycles. The van der Waals surface area contributed by atoms with Crippen LogP contribution in [0.15, 0.2) is 24.7 Å². The zero-order chi connectivity index (χ0) is 20.4. The van der Waals surface area contributed by atoms with E-state index >= 15 is 0 Å². The van der Waals surface area contributed by atoms with Gasteiger partial charge in [-0.3, -0.25) is 9.36 Å². The van der Waals surface area contributed by atoms with E-state index < -0.39 is 6.55 Å². The number of halogens is 2. The van der Waals surface area contributed by atoms with Crippen molar-refractivity contribution < 1.29 is 13.6 Å². The van der Waals surface area contributed by atoms with Crippen LogP contribution in [0.25, 0.3) is 11.0 Å². The fourth-order valence-corrected chi connectivity index (χ4v) is 3.00. The fraction of sp³-hybridized carbons (Fsp3) is 0.474. The molecule has 0 aliphatic carbocycles. The van der Waals surface area contributed by atoms with Crippen molar-refractivity contribution in [1.82, 2.24) is 29.6 Å². The molecular formula is C19H24F2N6O. The third-order valence-corrected chi connectivity index (χ3v) is 4.51. The highest BCUT2D eigenvalue weighted by molar-refractivity contribution is 6.05. The third kappa shape index (κ3) is 3.88. The molecule has 0 fully saturated rings. The van der Waals surface area contributed by atoms with Gasteiger partial charge < -0.3 is 5.32 Å². The molecule has 0 saturated carbocycles. The highest BCUT2D eigenvalue weighted by Gasteiger charge is 2.19. The Kier molecular flexibility index (Phi) is 5.71. The second-order valence-corrected chi connectivity index (χ2v) is 7.20. The molecule has 0 aliphatic heterocycles. The standard InChI is InChI=1S/C19H24F2N6O/c1-11(2)15-9-13(14-10-24-27(12(3)4)17(14)25-15)18(28)23-6-5-16-22-7-8-26(16)19(20)21/h7-12,19H,5-6H2,1-4H3,(H,23,28). The minimum atomic E-state index is -2.65. The number of imidazole rings is 1. The van der Waals surface area contributed by atoms with E-state index in [1.165, 1.54) is 12.4 Å². The molecule has 0 unspecified atom stereocenters. The Bertz CT molecular complexity index is 976. The van der Waals surface area contributed by atoms with E-state index in [4.69, 9.17) is 0 Å². The molecule has 1 N–H and O–H groups in total. The summed E-state index contributed by atoms with van der Waals surface area (Å²) in [7, 11) is 0. The van der Waals surface area contributed by atoms with Gasteiger partial charge in [-0.15, -0.1) is 0 Å². The summed E-state index contributed by atoms with van der Waals surface area (Å²) in [5.74, 6) is 0.0865. The number of nitrogens with zero attached hydrogens (tertiary/aromatic N) is 5. The summed E-state index contributed by atoms with van der Waals surface area (Å²) in [4.78, 5) is 21.4. The van der Waals surface area contributed by atoms with Gasteiger partial charge in [-0.2, -0.15) is 13.9 Å². The predicted octanol–water partition coefficient (Wildman–Crippen LogP) is 3.70. The van der Waals surface area contributed by atoms with Crippen LogP contribution in [-0.2, 0) is 6.42 Å². The van der Waals surface area contributed by atoms with Gasteiger partial charge in [0.15, 0.2) is 5.65 Å². The summed E-state index contributed by atoms with van der Waals surface area (Å²) in [6.45, 7) is 5.57. The van der Waals surface area contributed by atoms with Crippen LogP contribution in [0, 0.1) is 0 Å². The van der Waals surface area contributed by atoms with E-state index in [1.807, 2.05) is 27.7 Å². The smallest absolute Gasteiger partial charge is 0.319 e. The van der Waals surface area contributed by atoms with Crippen LogP contribution in [0.1, 0.15) is 68.1 Å². The Balaban J connectivity index is 1.83. The largest absolute Gasteiger partial charge is 0.352 e. The number of hydrogen-bond acceptors (Lipinski definition) is 4. The molecule has 1 amide bonds. The number of carbonyl (C=O) groups excluding carboxylic acids is 1. The molecule has 0 aromatic carbocycles. The SMILES string of the molecule is CC(C)c1cc(C(=O)NCCc2nccn2C(F)F)c2cnn(C(C)C)c2n1. The van der Waals surface area contributed by atoms with Gasteiger partial charge in [-0.1, -0.05) is 13.8 Å². The first-order valence-electron chi connectivity index (χ1n) is 9.25. The first-order valence-corrected chi connectivity index (χ1v) is 9.25. The minimum absolute atomic E-state index is 0.108. The summed E-state index contributed by atoms with van der Waals surface area (Å²) >= 11 is 0. The van der Waals surface area contributed by atoms with Gasteiger partial charge in [0.25, 0.3) is 5.91 Å². The van der Waals surface area contributed by atoms with Crippen LogP contribution in [0.2, 0.25) is 0 Å². The number of rotatable bonds is 7. The molecule has 0 radical (unpaired) electrons. The average molecular weight is 390 g/mol. The molecular weight excluding hydrogens is 366 g/mol. The molecule has 0 aliphatic rings. The third-order valence-electron chi connectivity index (χ3n) is 4.51. The summed E-state index contributed by atoms with van der Waals surface area (Å²) < 4.78 is 28.4. The molecule has 3 aromatic rings. The topological polar surface area (TPSA) is 77.6 Å². The summed E-state index contributed by atoms with van der Waals surface area (Å²) in [5, 5.41) is 7.84. The lowest BCUT2D eigenvalue weighted by atomic mass is 10.0. The fourth-order valence-electron chi connectivity index (χ4n) is 3.00. The van der Waals surface area contributed by atoms with Crippen molar-refractivity contribution in [3.63, 3.8) is 0 Å². The maximum Gasteiger partial charge on any atom is 0.319 e. The minimum Gasteiger partial charge on any atom is -0.352 e. The van der Waals surface area contributed by atoms with Crippen LogP contribution in [-0.4, -0.2) is 36.8 Å². The van der Waals surface area contributed by atoms with Gasteiger partial charge in [-0.25, -0.2) is 14.6 Å². The van der Waals surface area contributed by atoms with E-state index in [1.54, 1.807) is 16.9 Å². The summed E-state index contributed by atoms with van der Waals surface area (Å²) in [6.07, 6.45) is 4.40. The van der Waals surface area contributed by atoms with Gasteiger partial charge >= 0.3 is 6.55 Å². The van der Waals surface area contributed by atoms with Gasteiger partial charge in [-0.05, 0) is 25.8 Å². The molecule has 0 atom stereocenters. The number of aromatic nitrogens is 5. The number of nitrogens with one attached hydrogen (secondary N) is 1. The Morgan fingerprint density at radius 2 is 2.00 bits per heavy atom. The van der Waals surface area contributed by atoms with E-state index in [2.05, 4.69) is 20.4 Å². The quantitative estimate of drug-likeness (QED) is 0.667. The van der Waals surface area contributed by atoms with E-state index in [0.717, 1.165) is 10.3 Å². The molecule has 0 saturated heterocycles. The van der Waals surface area contributed by atoms with Crippen LogP contribution in [0.3, 0.4) is 0 Å². The first-order chi connectivity index (χ1) is 13.3. The monoisotopic (exact) mass is 390 g/mol. The molecule has 150 valence electrons. The molecule has 3 heterocycles. The van der Waals surface area contributed by atoms with E-state index in [-0.39, 0.29) is 36.7 Å². The van der Waals surface area contributed by atoms with Crippen LogP contribution >= 0.6 is 0 Å². The summed E-state index contributed by atoms with van der Waals surface area (Å²) in [6, 6.07) is 1.88. The number of fused-ring (bicyclic) bond motifs is 1. The van der Waals surface area contributed by atoms with Crippen molar-refractivity contribution >= 4 is 16.9 Å². The van der Waals surface area contributed by atoms with E-state index in [9.17, 15) is 13.6 Å². The van der Waals surface area contributed by atoms with Crippen molar-refractivity contribution in [2.45, 2.75) is 52.6 Å². The number of amides is 1. The molecule has 7 nitrogen and oxygen atoms in total. The second-order valence-electron chi connectivity index (χ2n) is 7.20. The van der Waals surface area contributed by atoms with Gasteiger partial charge in [0.05, 0.1) is 17.1 Å². The number of pyridine rings is 1. The van der Waals surface area contributed by atoms with Gasteiger partial charge in [0, 0.05) is 37.1 Å². The van der Waals surface area contributed by atoms with Crippen molar-refractivity contribution in [3.8, 4) is 0 Å². The maximum atomic E-state index is 12.9. The van der Waals surface area contributed by atoms with Crippen molar-refractivity contribution in [2.75, 3.05) is 6.54 Å². The highest BCUT2D eigenvalue weighted by Crippen LogP contribution is 2.24. The average Bonchev–Trinajstić information content (AvgIpc) is 3.27. The lowest BCUT2D eigenvalue weighted by molar-refractivity contribution is 0.0670. The molecule has 28 heavy (non-hydrogen) atoms. The number of hydrogen-bond donors (Lipinski definition) is 1. The van der Waals surface area contributed by atoms with Crippen molar-refractivity contribution in [1.29, 1.82) is 0 Å². The Morgan fingerprint density at radius 1 is 1.25 bits per heavy atom. The van der Waals surface area contributed by atoms with Crippen molar-refractivity contribution in [3.05, 3.63) is 41.7 Å². The van der Waals surface area contributed by atoms with Gasteiger partial charge in [0.2, 0.25) is 0 Å². The van der Waals surface area contributed by atoms with Crippen LogP contribution in [0.5, 0.6) is 0 Å². The number of carbonyl (C=O) groups is 1. The first kappa shape index (κ1) is 19.9. The highest BCUT2D eigenvalue weighted by atomic mass is 19.3. The van der Waals surface area contributed by atoms with Crippen LogP contribution < -0.4 is 5.32 Å². The van der Waals surface area contributed by atoms with Gasteiger partial charge in [0.1, 0.15) is 5.82 Å². The lowest BCUT2D eigenvalue weighted by Crippen LogP contribution is -2.27. The molecule has 0 bridgehead atoms. The normalized spacial score (nSPS) is 11.9. The second kappa shape index (κ2) is 8.04. The Hall–Kier alpha value is -2.84. The van der Waals surface area contributed by atoms with E-state index in [0.29, 0.717) is 16.6 Å². The molecule has 9 heteroatoms. The Labute approximate surface area is 161 Å². The maximum absolute atomic E-state index is 12.9. The zero-order valence-corrected chi connectivity index (χ0v) is 16.4. The molecule has 3 rings (SSSR count). The zero-order valence-electron chi connectivity index (χ0n) is 16.4. The molecule has 0 spiro atoms. The van der Waals surface area contributed by atoms with Crippen molar-refractivity contribution in [2.24, 2.45) is 0 Å². The Morgan fingerprint density at radius 3 is 2.64 bits per heavy atom. The summed E-state index contributed by atoms with van der Waals surface area (Å²) in [5.41, 5.74) is 1.95. The van der Waals surface area contributed by atoms with Crippen LogP contribution in [0.4, 0.5) is 8.78 Å². The lowest BCUT2D eigenvalue weighted by Gasteiger charge is -2.12. The number of alkyl halides is 2.